The predicted molar refractivity (Wildman–Crippen MR) is 120 cm³/mol. The lowest BCUT2D eigenvalue weighted by Crippen LogP contribution is -2.17. The van der Waals surface area contributed by atoms with Gasteiger partial charge in [0, 0.05) is 0 Å². The Labute approximate surface area is 187 Å². The number of benzene rings is 2. The molecule has 0 aliphatic heterocycles. The Balaban J connectivity index is 1.99. The van der Waals surface area contributed by atoms with Gasteiger partial charge in [-0.2, -0.15) is 8.78 Å². The summed E-state index contributed by atoms with van der Waals surface area (Å²) in [6.07, 6.45) is 5.94. The number of methoxy groups -OCH3 is 1. The number of hydrogen-bond donors (Lipinski definition) is 1. The minimum Gasteiger partial charge on any atom is -0.493 e. The van der Waals surface area contributed by atoms with Crippen LogP contribution in [0.3, 0.4) is 0 Å². The number of carbonyl (C=O) groups excluding carboxylic acids is 1. The van der Waals surface area contributed by atoms with E-state index in [0.717, 1.165) is 54.0 Å². The number of rotatable bonds is 10. The summed E-state index contributed by atoms with van der Waals surface area (Å²) in [6, 6.07) is 7.38. The molecule has 0 aromatic heterocycles. The van der Waals surface area contributed by atoms with Crippen LogP contribution < -0.4 is 19.5 Å². The van der Waals surface area contributed by atoms with Gasteiger partial charge in [-0.1, -0.05) is 12.6 Å². The lowest BCUT2D eigenvalue weighted by atomic mass is 9.85. The molecule has 172 valence electrons. The molecule has 1 N–H and O–H groups in total. The molecule has 5 nitrogen and oxygen atoms in total. The van der Waals surface area contributed by atoms with Crippen molar-refractivity contribution < 1.29 is 27.8 Å². The summed E-state index contributed by atoms with van der Waals surface area (Å²) in [4.78, 5) is 12.1. The maximum absolute atomic E-state index is 13.1. The van der Waals surface area contributed by atoms with Gasteiger partial charge in [0.05, 0.1) is 19.4 Å². The fourth-order valence-corrected chi connectivity index (χ4v) is 4.15. The first-order valence-electron chi connectivity index (χ1n) is 10.8. The third-order valence-electron chi connectivity index (χ3n) is 5.57. The van der Waals surface area contributed by atoms with Crippen molar-refractivity contribution in [2.24, 2.45) is 0 Å². The van der Waals surface area contributed by atoms with E-state index in [0.29, 0.717) is 36.6 Å². The highest BCUT2D eigenvalue weighted by molar-refractivity contribution is 6.00. The van der Waals surface area contributed by atoms with Gasteiger partial charge in [0.15, 0.2) is 11.5 Å². The van der Waals surface area contributed by atoms with Crippen molar-refractivity contribution in [1.29, 1.82) is 0 Å². The third kappa shape index (κ3) is 5.58. The van der Waals surface area contributed by atoms with Gasteiger partial charge in [0.2, 0.25) is 5.91 Å². The van der Waals surface area contributed by atoms with Crippen molar-refractivity contribution in [1.82, 2.24) is 0 Å². The molecule has 0 saturated heterocycles. The molecule has 0 fully saturated rings. The molecular weight excluding hydrogens is 416 g/mol. The quantitative estimate of drug-likeness (QED) is 0.492. The lowest BCUT2D eigenvalue weighted by Gasteiger charge is -2.25. The Bertz CT molecular complexity index is 975. The Hall–Kier alpha value is -3.09. The van der Waals surface area contributed by atoms with E-state index in [4.69, 9.17) is 14.2 Å². The zero-order valence-corrected chi connectivity index (χ0v) is 18.5. The molecule has 0 spiro atoms. The highest BCUT2D eigenvalue weighted by Gasteiger charge is 2.23. The molecular formula is C25H29F2NO4. The van der Waals surface area contributed by atoms with Crippen LogP contribution in [0, 0.1) is 0 Å². The molecule has 0 radical (unpaired) electrons. The van der Waals surface area contributed by atoms with Crippen molar-refractivity contribution in [2.45, 2.75) is 52.1 Å². The second-order valence-corrected chi connectivity index (χ2v) is 7.56. The average molecular weight is 446 g/mol. The average Bonchev–Trinajstić information content (AvgIpc) is 2.79. The fourth-order valence-electron chi connectivity index (χ4n) is 4.15. The Morgan fingerprint density at radius 1 is 1.16 bits per heavy atom. The molecule has 0 unspecified atom stereocenters. The van der Waals surface area contributed by atoms with E-state index in [1.807, 2.05) is 25.1 Å². The molecule has 1 aliphatic rings. The van der Waals surface area contributed by atoms with E-state index in [-0.39, 0.29) is 5.75 Å². The minimum absolute atomic E-state index is 0.00451. The van der Waals surface area contributed by atoms with Gasteiger partial charge in [-0.25, -0.2) is 0 Å². The molecule has 3 rings (SSSR count). The summed E-state index contributed by atoms with van der Waals surface area (Å²) in [5.74, 6) is 0.836. The highest BCUT2D eigenvalue weighted by atomic mass is 19.3. The number of aryl methyl sites for hydroxylation is 2. The zero-order chi connectivity index (χ0) is 23.1. The topological polar surface area (TPSA) is 56.8 Å². The number of anilines is 1. The van der Waals surface area contributed by atoms with Gasteiger partial charge in [-0.3, -0.25) is 4.79 Å². The standard InChI is InChI=1S/C25H29F2NO4/c1-4-23(29)28-24-19(12-10-16-11-13-20(31-5-2)21(14-16)30-3)18-9-7-6-8-17(18)15-22(24)32-25(26)27/h4,11,13-15,25H,1,5-10,12H2,2-3H3,(H,28,29). The predicted octanol–water partition coefficient (Wildman–Crippen LogP) is 5.48. The third-order valence-corrected chi connectivity index (χ3v) is 5.57. The summed E-state index contributed by atoms with van der Waals surface area (Å²) < 4.78 is 42.1. The lowest BCUT2D eigenvalue weighted by molar-refractivity contribution is -0.112. The summed E-state index contributed by atoms with van der Waals surface area (Å²) >= 11 is 0. The van der Waals surface area contributed by atoms with Crippen LogP contribution in [0.25, 0.3) is 0 Å². The number of ether oxygens (including phenoxy) is 3. The Morgan fingerprint density at radius 3 is 2.62 bits per heavy atom. The van der Waals surface area contributed by atoms with E-state index in [2.05, 4.69) is 11.9 Å². The van der Waals surface area contributed by atoms with Crippen LogP contribution in [0.2, 0.25) is 0 Å². The second-order valence-electron chi connectivity index (χ2n) is 7.56. The molecule has 0 atom stereocenters. The maximum Gasteiger partial charge on any atom is 0.387 e. The van der Waals surface area contributed by atoms with Crippen LogP contribution >= 0.6 is 0 Å². The molecule has 0 saturated carbocycles. The van der Waals surface area contributed by atoms with Crippen molar-refractivity contribution in [2.75, 3.05) is 19.0 Å². The van der Waals surface area contributed by atoms with Gasteiger partial charge in [0.1, 0.15) is 5.75 Å². The van der Waals surface area contributed by atoms with Crippen LogP contribution in [-0.2, 0) is 30.5 Å². The van der Waals surface area contributed by atoms with E-state index >= 15 is 0 Å². The summed E-state index contributed by atoms with van der Waals surface area (Å²) in [5, 5.41) is 2.71. The molecule has 32 heavy (non-hydrogen) atoms. The van der Waals surface area contributed by atoms with E-state index in [9.17, 15) is 13.6 Å². The monoisotopic (exact) mass is 445 g/mol. The molecule has 7 heteroatoms. The number of halogens is 2. The summed E-state index contributed by atoms with van der Waals surface area (Å²) in [7, 11) is 1.59. The van der Waals surface area contributed by atoms with Crippen molar-refractivity contribution >= 4 is 11.6 Å². The fraction of sp³-hybridized carbons (Fsp3) is 0.400. The molecule has 0 bridgehead atoms. The van der Waals surface area contributed by atoms with Gasteiger partial charge >= 0.3 is 6.61 Å². The summed E-state index contributed by atoms with van der Waals surface area (Å²) in [5.41, 5.74) is 4.25. The molecule has 0 heterocycles. The van der Waals surface area contributed by atoms with Crippen molar-refractivity contribution in [3.63, 3.8) is 0 Å². The SMILES string of the molecule is C=CC(=O)Nc1c(OC(F)F)cc2c(c1CCc1ccc(OCC)c(OC)c1)CCCC2. The zero-order valence-electron chi connectivity index (χ0n) is 18.5. The molecule has 1 amide bonds. The number of hydrogen-bond acceptors (Lipinski definition) is 4. The molecule has 2 aromatic carbocycles. The van der Waals surface area contributed by atoms with Gasteiger partial charge in [-0.05, 0) is 92.0 Å². The largest absolute Gasteiger partial charge is 0.493 e. The Kier molecular flexibility index (Phi) is 8.09. The second kappa shape index (κ2) is 11.0. The van der Waals surface area contributed by atoms with Crippen LogP contribution in [-0.4, -0.2) is 26.2 Å². The number of carbonyl (C=O) groups is 1. The van der Waals surface area contributed by atoms with Gasteiger partial charge in [0.25, 0.3) is 0 Å². The van der Waals surface area contributed by atoms with Crippen molar-refractivity contribution in [3.8, 4) is 17.2 Å². The number of alkyl halides is 2. The summed E-state index contributed by atoms with van der Waals surface area (Å²) in [6.45, 7) is 2.93. The maximum atomic E-state index is 13.1. The molecule has 2 aromatic rings. The van der Waals surface area contributed by atoms with E-state index in [1.54, 1.807) is 13.2 Å². The van der Waals surface area contributed by atoms with Gasteiger partial charge < -0.3 is 19.5 Å². The van der Waals surface area contributed by atoms with E-state index < -0.39 is 12.5 Å². The van der Waals surface area contributed by atoms with E-state index in [1.165, 1.54) is 0 Å². The van der Waals surface area contributed by atoms with Crippen LogP contribution in [0.5, 0.6) is 17.2 Å². The number of amides is 1. The first-order valence-corrected chi connectivity index (χ1v) is 10.8. The Morgan fingerprint density at radius 2 is 1.94 bits per heavy atom. The van der Waals surface area contributed by atoms with Crippen molar-refractivity contribution in [3.05, 3.63) is 59.2 Å². The number of nitrogens with one attached hydrogen (secondary N) is 1. The molecule has 1 aliphatic carbocycles. The van der Waals surface area contributed by atoms with Crippen LogP contribution in [0.1, 0.15) is 42.0 Å². The van der Waals surface area contributed by atoms with Crippen LogP contribution in [0.15, 0.2) is 36.9 Å². The smallest absolute Gasteiger partial charge is 0.387 e. The van der Waals surface area contributed by atoms with Crippen LogP contribution in [0.4, 0.5) is 14.5 Å². The normalized spacial score (nSPS) is 12.8. The number of fused-ring (bicyclic) bond motifs is 1. The highest BCUT2D eigenvalue weighted by Crippen LogP contribution is 2.39. The van der Waals surface area contributed by atoms with Gasteiger partial charge in [-0.15, -0.1) is 0 Å². The first kappa shape index (κ1) is 23.6. The first-order chi connectivity index (χ1) is 15.5. The minimum atomic E-state index is -2.99.